The third-order valence-electron chi connectivity index (χ3n) is 4.01. The van der Waals surface area contributed by atoms with E-state index in [1.807, 2.05) is 32.0 Å². The maximum absolute atomic E-state index is 12.0. The summed E-state index contributed by atoms with van der Waals surface area (Å²) in [7, 11) is 0. The molecule has 0 radical (unpaired) electrons. The average Bonchev–Trinajstić information content (AvgIpc) is 2.59. The molecule has 3 amide bonds. The van der Waals surface area contributed by atoms with Gasteiger partial charge >= 0.3 is 0 Å². The van der Waals surface area contributed by atoms with Crippen molar-refractivity contribution in [1.82, 2.24) is 16.2 Å². The fourth-order valence-corrected chi connectivity index (χ4v) is 2.24. The fourth-order valence-electron chi connectivity index (χ4n) is 2.24. The molecule has 1 rings (SSSR count). The molecule has 1 aromatic carbocycles. The largest absolute Gasteiger partial charge is 0.481 e. The maximum Gasteiger partial charge on any atom is 0.279 e. The van der Waals surface area contributed by atoms with Gasteiger partial charge in [-0.15, -0.1) is 0 Å². The van der Waals surface area contributed by atoms with Crippen LogP contribution in [-0.4, -0.2) is 30.4 Å². The zero-order valence-corrected chi connectivity index (χ0v) is 16.0. The molecule has 0 bridgehead atoms. The number of benzene rings is 1. The summed E-state index contributed by atoms with van der Waals surface area (Å²) >= 11 is 0. The van der Waals surface area contributed by atoms with E-state index < -0.39 is 12.0 Å². The summed E-state index contributed by atoms with van der Waals surface area (Å²) in [6.07, 6.45) is 1.92. The van der Waals surface area contributed by atoms with Crippen LogP contribution in [0.2, 0.25) is 0 Å². The molecular formula is C19H29N3O4. The number of carbonyl (C=O) groups excluding carboxylic acids is 3. The minimum absolute atomic E-state index is 0.0531. The third kappa shape index (κ3) is 8.00. The Bertz CT molecular complexity index is 631. The molecule has 144 valence electrons. The van der Waals surface area contributed by atoms with Crippen molar-refractivity contribution in [3.8, 4) is 5.75 Å². The highest BCUT2D eigenvalue weighted by Gasteiger charge is 2.16. The van der Waals surface area contributed by atoms with Crippen molar-refractivity contribution in [2.24, 2.45) is 0 Å². The third-order valence-corrected chi connectivity index (χ3v) is 4.01. The summed E-state index contributed by atoms with van der Waals surface area (Å²) in [5.74, 6) is -0.0671. The first-order valence-corrected chi connectivity index (χ1v) is 8.87. The van der Waals surface area contributed by atoms with Crippen molar-refractivity contribution < 1.29 is 19.1 Å². The summed E-state index contributed by atoms with van der Waals surface area (Å²) in [4.78, 5) is 34.5. The van der Waals surface area contributed by atoms with E-state index in [4.69, 9.17) is 4.74 Å². The van der Waals surface area contributed by atoms with Crippen LogP contribution in [0.25, 0.3) is 0 Å². The summed E-state index contributed by atoms with van der Waals surface area (Å²) in [6, 6.07) is 5.66. The first-order chi connectivity index (χ1) is 12.3. The standard InChI is InChI=1S/C19H29N3O4/c1-13-9-8-10-17(14(13)2)26-15(3)19(25)22-21-18(24)11-6-5-7-12-20-16(4)23/h8-10,15H,5-7,11-12H2,1-4H3,(H,20,23)(H,21,24)(H,22,25)/t15-/m0/s1. The van der Waals surface area contributed by atoms with Gasteiger partial charge in [-0.1, -0.05) is 18.6 Å². The van der Waals surface area contributed by atoms with Crippen LogP contribution < -0.4 is 20.9 Å². The molecule has 0 spiro atoms. The van der Waals surface area contributed by atoms with Gasteiger partial charge in [-0.25, -0.2) is 0 Å². The molecule has 0 saturated carbocycles. The van der Waals surface area contributed by atoms with Gasteiger partial charge in [0.05, 0.1) is 0 Å². The zero-order chi connectivity index (χ0) is 19.5. The molecule has 0 unspecified atom stereocenters. The Morgan fingerprint density at radius 3 is 2.50 bits per heavy atom. The molecule has 7 heteroatoms. The molecule has 0 heterocycles. The lowest BCUT2D eigenvalue weighted by Crippen LogP contribution is -2.47. The van der Waals surface area contributed by atoms with E-state index in [2.05, 4.69) is 16.2 Å². The van der Waals surface area contributed by atoms with Crippen molar-refractivity contribution in [3.05, 3.63) is 29.3 Å². The lowest BCUT2D eigenvalue weighted by atomic mass is 10.1. The summed E-state index contributed by atoms with van der Waals surface area (Å²) in [6.45, 7) is 7.62. The Labute approximate surface area is 154 Å². The molecule has 0 aliphatic rings. The smallest absolute Gasteiger partial charge is 0.279 e. The van der Waals surface area contributed by atoms with Crippen molar-refractivity contribution in [3.63, 3.8) is 0 Å². The Balaban J connectivity index is 2.24. The molecule has 0 saturated heterocycles. The number of aryl methyl sites for hydroxylation is 1. The normalized spacial score (nSPS) is 11.4. The topological polar surface area (TPSA) is 96.5 Å². The van der Waals surface area contributed by atoms with Gasteiger partial charge in [0, 0.05) is 19.9 Å². The molecule has 0 aromatic heterocycles. The Kier molecular flexibility index (Phi) is 9.19. The van der Waals surface area contributed by atoms with Crippen LogP contribution in [0.3, 0.4) is 0 Å². The maximum atomic E-state index is 12.0. The molecule has 26 heavy (non-hydrogen) atoms. The lowest BCUT2D eigenvalue weighted by molar-refractivity contribution is -0.132. The first-order valence-electron chi connectivity index (χ1n) is 8.87. The van der Waals surface area contributed by atoms with E-state index in [0.717, 1.165) is 24.0 Å². The second-order valence-electron chi connectivity index (χ2n) is 6.29. The average molecular weight is 363 g/mol. The molecule has 1 aromatic rings. The molecule has 0 fully saturated rings. The molecule has 3 N–H and O–H groups in total. The number of hydrazine groups is 1. The van der Waals surface area contributed by atoms with Crippen molar-refractivity contribution in [2.75, 3.05) is 6.54 Å². The van der Waals surface area contributed by atoms with Crippen LogP contribution in [-0.2, 0) is 14.4 Å². The van der Waals surface area contributed by atoms with E-state index in [0.29, 0.717) is 25.1 Å². The molecule has 0 aliphatic carbocycles. The fraction of sp³-hybridized carbons (Fsp3) is 0.526. The van der Waals surface area contributed by atoms with E-state index in [1.54, 1.807) is 6.92 Å². The highest BCUT2D eigenvalue weighted by atomic mass is 16.5. The van der Waals surface area contributed by atoms with E-state index in [9.17, 15) is 14.4 Å². The summed E-state index contributed by atoms with van der Waals surface area (Å²) < 4.78 is 5.67. The van der Waals surface area contributed by atoms with Gasteiger partial charge in [0.1, 0.15) is 5.75 Å². The Hall–Kier alpha value is -2.57. The number of rotatable bonds is 9. The zero-order valence-electron chi connectivity index (χ0n) is 16.0. The minimum atomic E-state index is -0.728. The second kappa shape index (κ2) is 11.1. The van der Waals surface area contributed by atoms with E-state index >= 15 is 0 Å². The highest BCUT2D eigenvalue weighted by molar-refractivity contribution is 5.84. The van der Waals surface area contributed by atoms with E-state index in [-0.39, 0.29) is 11.8 Å². The number of hydrogen-bond donors (Lipinski definition) is 3. The van der Waals surface area contributed by atoms with Gasteiger partial charge in [0.15, 0.2) is 6.10 Å². The lowest BCUT2D eigenvalue weighted by Gasteiger charge is -2.17. The molecule has 0 aliphatic heterocycles. The minimum Gasteiger partial charge on any atom is -0.481 e. The van der Waals surface area contributed by atoms with E-state index in [1.165, 1.54) is 6.92 Å². The van der Waals surface area contributed by atoms with Crippen LogP contribution in [0, 0.1) is 13.8 Å². The van der Waals surface area contributed by atoms with Crippen molar-refractivity contribution >= 4 is 17.7 Å². The molecule has 1 atom stereocenters. The molecule has 7 nitrogen and oxygen atoms in total. The number of ether oxygens (including phenoxy) is 1. The Morgan fingerprint density at radius 1 is 1.08 bits per heavy atom. The van der Waals surface area contributed by atoms with Gasteiger partial charge < -0.3 is 10.1 Å². The van der Waals surface area contributed by atoms with Gasteiger partial charge in [0.2, 0.25) is 11.8 Å². The number of unbranched alkanes of at least 4 members (excludes halogenated alkanes) is 2. The van der Waals surface area contributed by atoms with Gasteiger partial charge in [0.25, 0.3) is 5.91 Å². The predicted molar refractivity (Wildman–Crippen MR) is 99.4 cm³/mol. The van der Waals surface area contributed by atoms with Crippen LogP contribution in [0.15, 0.2) is 18.2 Å². The number of amides is 3. The van der Waals surface area contributed by atoms with Crippen LogP contribution in [0.1, 0.15) is 50.7 Å². The number of nitrogens with one attached hydrogen (secondary N) is 3. The predicted octanol–water partition coefficient (Wildman–Crippen LogP) is 1.91. The number of carbonyl (C=O) groups is 3. The van der Waals surface area contributed by atoms with Crippen LogP contribution >= 0.6 is 0 Å². The first kappa shape index (κ1) is 21.5. The van der Waals surface area contributed by atoms with Gasteiger partial charge in [-0.05, 0) is 50.8 Å². The van der Waals surface area contributed by atoms with Crippen molar-refractivity contribution in [2.45, 2.75) is 59.5 Å². The summed E-state index contributed by atoms with van der Waals surface area (Å²) in [5.41, 5.74) is 6.85. The SMILES string of the molecule is CC(=O)NCCCCCC(=O)NNC(=O)[C@H](C)Oc1cccc(C)c1C. The quantitative estimate of drug-likeness (QED) is 0.461. The Morgan fingerprint density at radius 2 is 1.81 bits per heavy atom. The second-order valence-corrected chi connectivity index (χ2v) is 6.29. The number of hydrogen-bond acceptors (Lipinski definition) is 4. The van der Waals surface area contributed by atoms with Crippen LogP contribution in [0.5, 0.6) is 5.75 Å². The summed E-state index contributed by atoms with van der Waals surface area (Å²) in [5, 5.41) is 2.70. The van der Waals surface area contributed by atoms with Gasteiger partial charge in [-0.2, -0.15) is 0 Å². The molecular weight excluding hydrogens is 334 g/mol. The van der Waals surface area contributed by atoms with Crippen LogP contribution in [0.4, 0.5) is 0 Å². The monoisotopic (exact) mass is 363 g/mol. The van der Waals surface area contributed by atoms with Crippen molar-refractivity contribution in [1.29, 1.82) is 0 Å². The highest BCUT2D eigenvalue weighted by Crippen LogP contribution is 2.21. The van der Waals surface area contributed by atoms with Gasteiger partial charge in [-0.3, -0.25) is 25.2 Å².